The molecule has 0 heterocycles. The Morgan fingerprint density at radius 1 is 1.00 bits per heavy atom. The van der Waals surface area contributed by atoms with Gasteiger partial charge in [0.1, 0.15) is 0 Å². The van der Waals surface area contributed by atoms with Crippen LogP contribution >= 0.6 is 0 Å². The molecule has 0 aromatic carbocycles. The van der Waals surface area contributed by atoms with Crippen molar-refractivity contribution in [3.63, 3.8) is 0 Å². The summed E-state index contributed by atoms with van der Waals surface area (Å²) >= 11 is -3.92. The van der Waals surface area contributed by atoms with Crippen LogP contribution in [0.25, 0.3) is 0 Å². The molecule has 0 bridgehead atoms. The van der Waals surface area contributed by atoms with E-state index < -0.39 is 15.8 Å². The molecule has 0 unspecified atom stereocenters. The molecule has 0 N–H and O–H groups in total. The van der Waals surface area contributed by atoms with Gasteiger partial charge in [0.2, 0.25) is 0 Å². The van der Waals surface area contributed by atoms with Crippen molar-refractivity contribution in [3.05, 3.63) is 0 Å². The number of rotatable bonds is 0. The Labute approximate surface area is 63.4 Å². The first-order valence-corrected chi connectivity index (χ1v) is 2.56. The van der Waals surface area contributed by atoms with Crippen molar-refractivity contribution in [1.82, 2.24) is 0 Å². The van der Waals surface area contributed by atoms with E-state index in [4.69, 9.17) is 10.7 Å². The quantitative estimate of drug-likeness (QED) is 0.448. The molecular formula is H2CaO3Ru. The average Bonchev–Trinajstić information content (AvgIpc) is 0.811. The van der Waals surface area contributed by atoms with E-state index in [-0.39, 0.29) is 37.7 Å². The van der Waals surface area contributed by atoms with Gasteiger partial charge in [-0.05, 0) is 0 Å². The van der Waals surface area contributed by atoms with Gasteiger partial charge in [0.15, 0.2) is 0 Å². The molecule has 3 nitrogen and oxygen atoms in total. The zero-order valence-electron chi connectivity index (χ0n) is 1.58. The summed E-state index contributed by atoms with van der Waals surface area (Å²) in [5, 5.41) is 0. The molecule has 0 aliphatic rings. The van der Waals surface area contributed by atoms with Gasteiger partial charge in [-0.25, -0.2) is 0 Å². The van der Waals surface area contributed by atoms with Gasteiger partial charge in [-0.2, -0.15) is 0 Å². The van der Waals surface area contributed by atoms with Crippen molar-refractivity contribution in [2.45, 2.75) is 0 Å². The number of hydrogen-bond acceptors (Lipinski definition) is 3. The Hall–Kier alpha value is 1.28. The summed E-state index contributed by atoms with van der Waals surface area (Å²) in [6.07, 6.45) is 0. The summed E-state index contributed by atoms with van der Waals surface area (Å²) in [6, 6.07) is 0. The van der Waals surface area contributed by atoms with Gasteiger partial charge in [-0.3, -0.25) is 0 Å². The summed E-state index contributed by atoms with van der Waals surface area (Å²) in [6.45, 7) is 0. The summed E-state index contributed by atoms with van der Waals surface area (Å²) in [5.74, 6) is 0. The SMILES string of the molecule is [CaH2].[O]=[Ru](=[O])=[O]. The van der Waals surface area contributed by atoms with Gasteiger partial charge < -0.3 is 0 Å². The molecule has 0 saturated carbocycles. The molecule has 0 rings (SSSR count). The molecule has 5 heteroatoms. The second-order valence-corrected chi connectivity index (χ2v) is 1.05. The van der Waals surface area contributed by atoms with E-state index in [1.54, 1.807) is 0 Å². The fraction of sp³-hybridized carbons (Fsp3) is 0. The van der Waals surface area contributed by atoms with Gasteiger partial charge in [-0.1, -0.05) is 0 Å². The van der Waals surface area contributed by atoms with E-state index in [0.717, 1.165) is 0 Å². The second kappa shape index (κ2) is 5.28. The topological polar surface area (TPSA) is 51.2 Å². The predicted octanol–water partition coefficient (Wildman–Crippen LogP) is -1.28. The van der Waals surface area contributed by atoms with Crippen molar-refractivity contribution < 1.29 is 26.5 Å². The van der Waals surface area contributed by atoms with Gasteiger partial charge in [0, 0.05) is 0 Å². The van der Waals surface area contributed by atoms with Crippen LogP contribution in [0, 0.1) is 0 Å². The Bertz CT molecular complexity index is 76.3. The van der Waals surface area contributed by atoms with Crippen molar-refractivity contribution in [2.75, 3.05) is 0 Å². The molecular weight excluding hydrogens is 189 g/mol. The third kappa shape index (κ3) is 34.6. The third-order valence-electron chi connectivity index (χ3n) is 0. The van der Waals surface area contributed by atoms with E-state index >= 15 is 0 Å². The molecule has 0 aliphatic carbocycles. The Balaban J connectivity index is 0. The van der Waals surface area contributed by atoms with E-state index in [9.17, 15) is 0 Å². The van der Waals surface area contributed by atoms with Crippen LogP contribution in [0.1, 0.15) is 0 Å². The molecule has 0 amide bonds. The molecule has 0 spiro atoms. The maximum absolute atomic E-state index is 8.56. The van der Waals surface area contributed by atoms with Gasteiger partial charge in [0.25, 0.3) is 0 Å². The zero-order chi connectivity index (χ0) is 3.58. The number of hydrogen-bond donors (Lipinski definition) is 0. The minimum absolute atomic E-state index is 0. The molecule has 0 atom stereocenters. The maximum atomic E-state index is 8.56. The van der Waals surface area contributed by atoms with Crippen LogP contribution in [0.2, 0.25) is 0 Å². The average molecular weight is 191 g/mol. The van der Waals surface area contributed by atoms with E-state index in [1.807, 2.05) is 0 Å². The fourth-order valence-corrected chi connectivity index (χ4v) is 0. The Kier molecular flexibility index (Phi) is 10.1. The zero-order valence-corrected chi connectivity index (χ0v) is 3.32. The van der Waals surface area contributed by atoms with Crippen LogP contribution in [0.5, 0.6) is 0 Å². The van der Waals surface area contributed by atoms with Crippen molar-refractivity contribution in [3.8, 4) is 0 Å². The summed E-state index contributed by atoms with van der Waals surface area (Å²) in [7, 11) is 0. The minimum atomic E-state index is -3.92. The third-order valence-corrected chi connectivity index (χ3v) is 0. The van der Waals surface area contributed by atoms with Crippen LogP contribution in [0.15, 0.2) is 0 Å². The Morgan fingerprint density at radius 2 is 1.00 bits per heavy atom. The van der Waals surface area contributed by atoms with Gasteiger partial charge in [0.05, 0.1) is 0 Å². The Morgan fingerprint density at radius 3 is 1.00 bits per heavy atom. The molecule has 0 aromatic rings. The van der Waals surface area contributed by atoms with E-state index in [1.165, 1.54) is 0 Å². The van der Waals surface area contributed by atoms with Crippen LogP contribution < -0.4 is 0 Å². The molecule has 5 heavy (non-hydrogen) atoms. The molecule has 0 aromatic heterocycles. The van der Waals surface area contributed by atoms with Crippen LogP contribution in [0.3, 0.4) is 0 Å². The predicted molar refractivity (Wildman–Crippen MR) is 10.6 cm³/mol. The monoisotopic (exact) mass is 192 g/mol. The molecule has 0 saturated heterocycles. The molecule has 0 fully saturated rings. The summed E-state index contributed by atoms with van der Waals surface area (Å²) < 4.78 is 25.7. The van der Waals surface area contributed by atoms with Crippen LogP contribution in [-0.2, 0) is 26.5 Å². The summed E-state index contributed by atoms with van der Waals surface area (Å²) in [4.78, 5) is 0. The van der Waals surface area contributed by atoms with Crippen molar-refractivity contribution in [2.24, 2.45) is 0 Å². The molecule has 0 radical (unpaired) electrons. The first-order chi connectivity index (χ1) is 1.73. The van der Waals surface area contributed by atoms with Gasteiger partial charge in [-0.15, -0.1) is 0 Å². The summed E-state index contributed by atoms with van der Waals surface area (Å²) in [5.41, 5.74) is 0. The molecule has 0 aliphatic heterocycles. The first kappa shape index (κ1) is 9.56. The molecule has 30 valence electrons. The van der Waals surface area contributed by atoms with Crippen LogP contribution in [0.4, 0.5) is 0 Å². The van der Waals surface area contributed by atoms with Crippen LogP contribution in [-0.4, -0.2) is 37.7 Å². The van der Waals surface area contributed by atoms with Crippen molar-refractivity contribution in [1.29, 1.82) is 0 Å². The van der Waals surface area contributed by atoms with Crippen molar-refractivity contribution >= 4 is 37.7 Å². The van der Waals surface area contributed by atoms with E-state index in [2.05, 4.69) is 0 Å². The second-order valence-electron chi connectivity index (χ2n) is 0.177. The first-order valence-electron chi connectivity index (χ1n) is 0.433. The van der Waals surface area contributed by atoms with Gasteiger partial charge >= 0.3 is 64.3 Å². The normalized spacial score (nSPS) is 6.60. The van der Waals surface area contributed by atoms with E-state index in [0.29, 0.717) is 0 Å². The standard InChI is InChI=1S/Ca.3O.Ru.2H. The fourth-order valence-electron chi connectivity index (χ4n) is 0.